The van der Waals surface area contributed by atoms with E-state index < -0.39 is 23.5 Å². The fraction of sp³-hybridized carbons (Fsp3) is 0.800. The maximum Gasteiger partial charge on any atom is 0.339 e. The van der Waals surface area contributed by atoms with E-state index in [0.717, 1.165) is 0 Å². The molecule has 66 valence electrons. The van der Waals surface area contributed by atoms with Gasteiger partial charge in [0.25, 0.3) is 0 Å². The zero-order valence-electron chi connectivity index (χ0n) is 5.54. The van der Waals surface area contributed by atoms with E-state index >= 15 is 0 Å². The molecule has 2 N–H and O–H groups in total. The Labute approximate surface area is 73.7 Å². The van der Waals surface area contributed by atoms with Crippen LogP contribution in [-0.4, -0.2) is 40.3 Å². The Hall–Kier alpha value is -0.0300. The quantitative estimate of drug-likeness (QED) is 0.485. The normalized spacial score (nSPS) is 13.2. The van der Waals surface area contributed by atoms with Crippen LogP contribution in [0, 0.1) is 0 Å². The van der Waals surface area contributed by atoms with E-state index in [0.29, 0.717) is 0 Å². The molecule has 0 amide bonds. The molecular weight excluding hydrogens is 195 g/mol. The van der Waals surface area contributed by atoms with Crippen molar-refractivity contribution in [3.8, 4) is 0 Å². The molecule has 0 aromatic carbocycles. The summed E-state index contributed by atoms with van der Waals surface area (Å²) in [5, 5.41) is 17.0. The lowest BCUT2D eigenvalue weighted by Gasteiger charge is -2.07. The number of hydrogen-bond acceptors (Lipinski definition) is 4. The lowest BCUT2D eigenvalue weighted by Crippen LogP contribution is -2.24. The van der Waals surface area contributed by atoms with Gasteiger partial charge in [-0.3, -0.25) is 0 Å². The summed E-state index contributed by atoms with van der Waals surface area (Å²) >= 11 is 10.2. The summed E-state index contributed by atoms with van der Waals surface area (Å²) in [6, 6.07) is 0. The predicted molar refractivity (Wildman–Crippen MR) is 39.5 cm³/mol. The van der Waals surface area contributed by atoms with Crippen molar-refractivity contribution < 1.29 is 19.7 Å². The molecule has 0 fully saturated rings. The standard InChI is InChI=1S/C5H8Cl2O4/c6-4(7)5(10)11-2-3(9)1-8/h3-4,8-9H,1-2H2/t3-/m1/s1. The average molecular weight is 203 g/mol. The first-order chi connectivity index (χ1) is 5.07. The average Bonchev–Trinajstić information content (AvgIpc) is 1.99. The van der Waals surface area contributed by atoms with Crippen LogP contribution < -0.4 is 0 Å². The Kier molecular flexibility index (Phi) is 5.58. The molecule has 0 bridgehead atoms. The number of hydrogen-bond donors (Lipinski definition) is 2. The summed E-state index contributed by atoms with van der Waals surface area (Å²) in [7, 11) is 0. The molecule has 0 aliphatic rings. The van der Waals surface area contributed by atoms with Crippen LogP contribution in [0.3, 0.4) is 0 Å². The van der Waals surface area contributed by atoms with E-state index in [4.69, 9.17) is 33.4 Å². The van der Waals surface area contributed by atoms with Crippen molar-refractivity contribution in [1.29, 1.82) is 0 Å². The van der Waals surface area contributed by atoms with Crippen molar-refractivity contribution in [2.75, 3.05) is 13.2 Å². The van der Waals surface area contributed by atoms with Gasteiger partial charge in [-0.05, 0) is 0 Å². The number of aliphatic hydroxyl groups excluding tert-OH is 2. The SMILES string of the molecule is O=C(OC[C@H](O)CO)C(Cl)Cl. The number of ether oxygens (including phenoxy) is 1. The number of alkyl halides is 2. The summed E-state index contributed by atoms with van der Waals surface area (Å²) < 4.78 is 4.34. The Morgan fingerprint density at radius 1 is 1.55 bits per heavy atom. The highest BCUT2D eigenvalue weighted by atomic mass is 35.5. The molecule has 4 nitrogen and oxygen atoms in total. The number of aliphatic hydroxyl groups is 2. The molecule has 0 aromatic rings. The summed E-state index contributed by atoms with van der Waals surface area (Å²) in [5.41, 5.74) is 0. The fourth-order valence-electron chi connectivity index (χ4n) is 0.294. The van der Waals surface area contributed by atoms with Crippen molar-refractivity contribution in [1.82, 2.24) is 0 Å². The van der Waals surface area contributed by atoms with Crippen molar-refractivity contribution in [2.45, 2.75) is 10.9 Å². The Morgan fingerprint density at radius 3 is 2.45 bits per heavy atom. The molecule has 0 radical (unpaired) electrons. The second kappa shape index (κ2) is 5.60. The van der Waals surface area contributed by atoms with E-state index in [1.807, 2.05) is 0 Å². The zero-order chi connectivity index (χ0) is 8.85. The van der Waals surface area contributed by atoms with Gasteiger partial charge in [0.15, 0.2) is 0 Å². The molecule has 0 saturated carbocycles. The van der Waals surface area contributed by atoms with Gasteiger partial charge in [-0.1, -0.05) is 23.2 Å². The van der Waals surface area contributed by atoms with Crippen molar-refractivity contribution in [3.63, 3.8) is 0 Å². The van der Waals surface area contributed by atoms with Crippen LogP contribution in [0.25, 0.3) is 0 Å². The molecule has 1 atom stereocenters. The van der Waals surface area contributed by atoms with Crippen LogP contribution >= 0.6 is 23.2 Å². The minimum atomic E-state index is -1.25. The lowest BCUT2D eigenvalue weighted by molar-refractivity contribution is -0.145. The molecule has 0 unspecified atom stereocenters. The maximum absolute atomic E-state index is 10.5. The van der Waals surface area contributed by atoms with Crippen molar-refractivity contribution >= 4 is 29.2 Å². The van der Waals surface area contributed by atoms with Crippen LogP contribution in [0.4, 0.5) is 0 Å². The lowest BCUT2D eigenvalue weighted by atomic mass is 10.4. The van der Waals surface area contributed by atoms with Crippen LogP contribution in [0.15, 0.2) is 0 Å². The first kappa shape index (κ1) is 11.0. The second-order valence-corrected chi connectivity index (χ2v) is 2.86. The topological polar surface area (TPSA) is 66.8 Å². The van der Waals surface area contributed by atoms with Gasteiger partial charge in [0, 0.05) is 0 Å². The summed E-state index contributed by atoms with van der Waals surface area (Å²) in [6.45, 7) is -0.770. The van der Waals surface area contributed by atoms with Gasteiger partial charge in [-0.15, -0.1) is 0 Å². The third-order valence-corrected chi connectivity index (χ3v) is 1.16. The molecule has 0 aliphatic carbocycles. The van der Waals surface area contributed by atoms with Gasteiger partial charge in [0.1, 0.15) is 12.7 Å². The van der Waals surface area contributed by atoms with Gasteiger partial charge in [0.2, 0.25) is 4.84 Å². The highest BCUT2D eigenvalue weighted by Gasteiger charge is 2.14. The number of halogens is 2. The highest BCUT2D eigenvalue weighted by molar-refractivity contribution is 6.52. The Bertz CT molecular complexity index is 128. The molecule has 0 aliphatic heterocycles. The third-order valence-electron chi connectivity index (χ3n) is 0.807. The zero-order valence-corrected chi connectivity index (χ0v) is 7.05. The largest absolute Gasteiger partial charge is 0.461 e. The molecule has 0 aromatic heterocycles. The third kappa shape index (κ3) is 5.26. The van der Waals surface area contributed by atoms with E-state index in [2.05, 4.69) is 4.74 Å². The van der Waals surface area contributed by atoms with Gasteiger partial charge in [0.05, 0.1) is 6.61 Å². The van der Waals surface area contributed by atoms with Crippen molar-refractivity contribution in [3.05, 3.63) is 0 Å². The highest BCUT2D eigenvalue weighted by Crippen LogP contribution is 2.03. The van der Waals surface area contributed by atoms with Crippen LogP contribution in [-0.2, 0) is 9.53 Å². The first-order valence-electron chi connectivity index (χ1n) is 2.81. The smallest absolute Gasteiger partial charge is 0.339 e. The Morgan fingerprint density at radius 2 is 2.09 bits per heavy atom. The van der Waals surface area contributed by atoms with Crippen LogP contribution in [0.2, 0.25) is 0 Å². The number of carbonyl (C=O) groups is 1. The van der Waals surface area contributed by atoms with Gasteiger partial charge in [-0.25, -0.2) is 4.79 Å². The number of esters is 1. The second-order valence-electron chi connectivity index (χ2n) is 1.77. The number of carbonyl (C=O) groups excluding carboxylic acids is 1. The molecule has 6 heteroatoms. The minimum absolute atomic E-state index is 0.300. The predicted octanol–water partition coefficient (Wildman–Crippen LogP) is -0.314. The molecule has 11 heavy (non-hydrogen) atoms. The van der Waals surface area contributed by atoms with Gasteiger partial charge in [-0.2, -0.15) is 0 Å². The summed E-state index contributed by atoms with van der Waals surface area (Å²) in [5.74, 6) is -0.833. The van der Waals surface area contributed by atoms with E-state index in [1.165, 1.54) is 0 Å². The Balaban J connectivity index is 3.46. The van der Waals surface area contributed by atoms with E-state index in [9.17, 15) is 4.79 Å². The summed E-state index contributed by atoms with van der Waals surface area (Å²) in [4.78, 5) is 9.24. The molecule has 0 heterocycles. The fourth-order valence-corrected chi connectivity index (χ4v) is 0.420. The van der Waals surface area contributed by atoms with E-state index in [-0.39, 0.29) is 6.61 Å². The van der Waals surface area contributed by atoms with Crippen molar-refractivity contribution in [2.24, 2.45) is 0 Å². The molecule has 0 rings (SSSR count). The van der Waals surface area contributed by atoms with Crippen LogP contribution in [0.5, 0.6) is 0 Å². The first-order valence-corrected chi connectivity index (χ1v) is 3.69. The molecule has 0 spiro atoms. The monoisotopic (exact) mass is 202 g/mol. The number of rotatable bonds is 4. The molecular formula is C5H8Cl2O4. The summed E-state index contributed by atoms with van der Waals surface area (Å²) in [6.07, 6.45) is -1.08. The van der Waals surface area contributed by atoms with Gasteiger partial charge >= 0.3 is 5.97 Å². The molecule has 0 saturated heterocycles. The van der Waals surface area contributed by atoms with Gasteiger partial charge < -0.3 is 14.9 Å². The van der Waals surface area contributed by atoms with E-state index in [1.54, 1.807) is 0 Å². The van der Waals surface area contributed by atoms with Crippen LogP contribution in [0.1, 0.15) is 0 Å². The maximum atomic E-state index is 10.5. The minimum Gasteiger partial charge on any atom is -0.461 e.